The van der Waals surface area contributed by atoms with Crippen molar-refractivity contribution in [1.82, 2.24) is 29.7 Å². The molecular formula is C12H19N7O. The summed E-state index contributed by atoms with van der Waals surface area (Å²) in [6, 6.07) is 0.275. The fraction of sp³-hybridized carbons (Fsp3) is 0.583. The molecule has 1 N–H and O–H groups in total. The van der Waals surface area contributed by atoms with Crippen molar-refractivity contribution in [2.75, 3.05) is 19.0 Å². The number of nitrogens with one attached hydrogen (secondary N) is 1. The molecule has 0 aromatic carbocycles. The van der Waals surface area contributed by atoms with E-state index in [0.29, 0.717) is 18.5 Å². The van der Waals surface area contributed by atoms with Crippen LogP contribution in [0.3, 0.4) is 0 Å². The van der Waals surface area contributed by atoms with E-state index in [1.807, 2.05) is 20.8 Å². The lowest BCUT2D eigenvalue weighted by Crippen LogP contribution is -2.12. The van der Waals surface area contributed by atoms with Gasteiger partial charge in [-0.2, -0.15) is 19.6 Å². The van der Waals surface area contributed by atoms with Crippen molar-refractivity contribution in [2.45, 2.75) is 33.6 Å². The largest absolute Gasteiger partial charge is 0.464 e. The zero-order valence-electron chi connectivity index (χ0n) is 12.2. The maximum atomic E-state index is 5.35. The Hall–Kier alpha value is -2.25. The lowest BCUT2D eigenvalue weighted by atomic mass is 10.4. The maximum absolute atomic E-state index is 5.35. The Morgan fingerprint density at radius 1 is 1.05 bits per heavy atom. The second-order valence-corrected chi connectivity index (χ2v) is 3.99. The minimum Gasteiger partial charge on any atom is -0.464 e. The molecule has 0 saturated carbocycles. The van der Waals surface area contributed by atoms with Crippen LogP contribution < -0.4 is 10.1 Å². The third-order valence-corrected chi connectivity index (χ3v) is 2.64. The summed E-state index contributed by atoms with van der Waals surface area (Å²) in [7, 11) is 1.74. The number of anilines is 1. The standard InChI is InChI=1S/C12H19N7O/c1-5-8-14-9(6-2)19(18-8)11-15-10(13-4)16-12(17-11)20-7-3/h5-7H2,1-4H3,(H,13,15,16,17). The number of ether oxygens (including phenoxy) is 1. The average Bonchev–Trinajstić information content (AvgIpc) is 2.90. The van der Waals surface area contributed by atoms with E-state index in [2.05, 4.69) is 30.4 Å². The maximum Gasteiger partial charge on any atom is 0.323 e. The lowest BCUT2D eigenvalue weighted by molar-refractivity contribution is 0.311. The molecule has 0 bridgehead atoms. The lowest BCUT2D eigenvalue weighted by Gasteiger charge is -2.07. The van der Waals surface area contributed by atoms with Gasteiger partial charge in [0.05, 0.1) is 6.61 Å². The van der Waals surface area contributed by atoms with Crippen LogP contribution in [0.5, 0.6) is 6.01 Å². The summed E-state index contributed by atoms with van der Waals surface area (Å²) in [4.78, 5) is 17.2. The van der Waals surface area contributed by atoms with Crippen molar-refractivity contribution in [3.63, 3.8) is 0 Å². The number of aromatic nitrogens is 6. The number of hydrogen-bond acceptors (Lipinski definition) is 7. The highest BCUT2D eigenvalue weighted by atomic mass is 16.5. The van der Waals surface area contributed by atoms with Gasteiger partial charge in [0.15, 0.2) is 5.82 Å². The SMILES string of the molecule is CCOc1nc(NC)nc(-n2nc(CC)nc2CC)n1. The first kappa shape index (κ1) is 14.2. The van der Waals surface area contributed by atoms with E-state index in [0.717, 1.165) is 24.5 Å². The summed E-state index contributed by atoms with van der Waals surface area (Å²) in [5, 5.41) is 7.31. The normalized spacial score (nSPS) is 10.6. The Morgan fingerprint density at radius 2 is 1.85 bits per heavy atom. The van der Waals surface area contributed by atoms with Gasteiger partial charge in [0.1, 0.15) is 5.82 Å². The van der Waals surface area contributed by atoms with Gasteiger partial charge < -0.3 is 10.1 Å². The van der Waals surface area contributed by atoms with E-state index in [1.165, 1.54) is 0 Å². The van der Waals surface area contributed by atoms with Gasteiger partial charge >= 0.3 is 6.01 Å². The first-order chi connectivity index (χ1) is 9.71. The summed E-state index contributed by atoms with van der Waals surface area (Å²) in [6.07, 6.45) is 1.51. The van der Waals surface area contributed by atoms with E-state index in [-0.39, 0.29) is 6.01 Å². The van der Waals surface area contributed by atoms with Crippen molar-refractivity contribution in [3.05, 3.63) is 11.6 Å². The number of nitrogens with zero attached hydrogens (tertiary/aromatic N) is 6. The fourth-order valence-corrected chi connectivity index (χ4v) is 1.68. The Bertz CT molecular complexity index is 581. The smallest absolute Gasteiger partial charge is 0.323 e. The molecule has 0 spiro atoms. The van der Waals surface area contributed by atoms with Crippen LogP contribution >= 0.6 is 0 Å². The highest BCUT2D eigenvalue weighted by Gasteiger charge is 2.14. The monoisotopic (exact) mass is 277 g/mol. The van der Waals surface area contributed by atoms with Gasteiger partial charge in [0.25, 0.3) is 5.95 Å². The molecule has 8 nitrogen and oxygen atoms in total. The molecular weight excluding hydrogens is 258 g/mol. The van der Waals surface area contributed by atoms with Crippen molar-refractivity contribution < 1.29 is 4.74 Å². The molecule has 0 aliphatic carbocycles. The molecule has 0 radical (unpaired) electrons. The van der Waals surface area contributed by atoms with Crippen LogP contribution in [0.25, 0.3) is 5.95 Å². The predicted molar refractivity (Wildman–Crippen MR) is 74.2 cm³/mol. The summed E-state index contributed by atoms with van der Waals surface area (Å²) < 4.78 is 7.00. The van der Waals surface area contributed by atoms with Crippen molar-refractivity contribution in [1.29, 1.82) is 0 Å². The zero-order valence-corrected chi connectivity index (χ0v) is 12.2. The van der Waals surface area contributed by atoms with Crippen LogP contribution in [0.1, 0.15) is 32.4 Å². The minimum absolute atomic E-state index is 0.275. The Labute approximate surface area is 117 Å². The summed E-state index contributed by atoms with van der Waals surface area (Å²) in [5.74, 6) is 2.44. The van der Waals surface area contributed by atoms with Crippen molar-refractivity contribution in [2.24, 2.45) is 0 Å². The minimum atomic E-state index is 0.275. The molecule has 0 atom stereocenters. The molecule has 0 aliphatic rings. The van der Waals surface area contributed by atoms with Gasteiger partial charge in [0, 0.05) is 19.9 Å². The van der Waals surface area contributed by atoms with Crippen LogP contribution in [-0.2, 0) is 12.8 Å². The van der Waals surface area contributed by atoms with Gasteiger partial charge in [-0.3, -0.25) is 0 Å². The molecule has 2 heterocycles. The summed E-state index contributed by atoms with van der Waals surface area (Å²) in [6.45, 7) is 6.40. The molecule has 20 heavy (non-hydrogen) atoms. The molecule has 0 aliphatic heterocycles. The summed E-state index contributed by atoms with van der Waals surface area (Å²) >= 11 is 0. The second-order valence-electron chi connectivity index (χ2n) is 3.99. The van der Waals surface area contributed by atoms with Gasteiger partial charge in [0.2, 0.25) is 5.95 Å². The van der Waals surface area contributed by atoms with Crippen LogP contribution in [0, 0.1) is 0 Å². The number of rotatable bonds is 6. The average molecular weight is 277 g/mol. The fourth-order valence-electron chi connectivity index (χ4n) is 1.68. The third kappa shape index (κ3) is 2.84. The molecule has 2 aromatic rings. The second kappa shape index (κ2) is 6.27. The van der Waals surface area contributed by atoms with E-state index in [1.54, 1.807) is 11.7 Å². The predicted octanol–water partition coefficient (Wildman–Crippen LogP) is 1.02. The first-order valence-electron chi connectivity index (χ1n) is 6.73. The molecule has 108 valence electrons. The Morgan fingerprint density at radius 3 is 2.45 bits per heavy atom. The Balaban J connectivity index is 2.50. The van der Waals surface area contributed by atoms with Crippen LogP contribution in [0.15, 0.2) is 0 Å². The number of aryl methyl sites for hydroxylation is 2. The molecule has 0 fully saturated rings. The first-order valence-corrected chi connectivity index (χ1v) is 6.73. The van der Waals surface area contributed by atoms with Crippen molar-refractivity contribution in [3.8, 4) is 12.0 Å². The van der Waals surface area contributed by atoms with Gasteiger partial charge in [-0.15, -0.1) is 5.10 Å². The molecule has 2 rings (SSSR count). The van der Waals surface area contributed by atoms with Crippen LogP contribution in [0.4, 0.5) is 5.95 Å². The molecule has 0 unspecified atom stereocenters. The van der Waals surface area contributed by atoms with Gasteiger partial charge in [-0.25, -0.2) is 4.98 Å². The zero-order chi connectivity index (χ0) is 14.5. The van der Waals surface area contributed by atoms with E-state index in [9.17, 15) is 0 Å². The van der Waals surface area contributed by atoms with Crippen LogP contribution in [0.2, 0.25) is 0 Å². The molecule has 0 amide bonds. The highest BCUT2D eigenvalue weighted by molar-refractivity contribution is 5.29. The molecule has 2 aromatic heterocycles. The Kier molecular flexibility index (Phi) is 4.44. The van der Waals surface area contributed by atoms with Crippen LogP contribution in [-0.4, -0.2) is 43.4 Å². The molecule has 8 heteroatoms. The quantitative estimate of drug-likeness (QED) is 0.842. The topological polar surface area (TPSA) is 90.6 Å². The molecule has 0 saturated heterocycles. The van der Waals surface area contributed by atoms with E-state index >= 15 is 0 Å². The number of hydrogen-bond donors (Lipinski definition) is 1. The van der Waals surface area contributed by atoms with Crippen molar-refractivity contribution >= 4 is 5.95 Å². The van der Waals surface area contributed by atoms with Gasteiger partial charge in [-0.05, 0) is 6.92 Å². The summed E-state index contributed by atoms with van der Waals surface area (Å²) in [5.41, 5.74) is 0. The van der Waals surface area contributed by atoms with Gasteiger partial charge in [-0.1, -0.05) is 13.8 Å². The highest BCUT2D eigenvalue weighted by Crippen LogP contribution is 2.12. The van der Waals surface area contributed by atoms with E-state index in [4.69, 9.17) is 4.74 Å². The third-order valence-electron chi connectivity index (χ3n) is 2.64. The van der Waals surface area contributed by atoms with E-state index < -0.39 is 0 Å².